The molecule has 0 radical (unpaired) electrons. The third-order valence-electron chi connectivity index (χ3n) is 1.64. The number of ether oxygens (including phenoxy) is 1. The summed E-state index contributed by atoms with van der Waals surface area (Å²) in [6.45, 7) is 0.0302. The summed E-state index contributed by atoms with van der Waals surface area (Å²) in [7, 11) is 0. The third kappa shape index (κ3) is 5.36. The second-order valence-electron chi connectivity index (χ2n) is 2.86. The van der Waals surface area contributed by atoms with Crippen LogP contribution in [0.15, 0.2) is 35.5 Å². The molecule has 0 saturated carbocycles. The summed E-state index contributed by atoms with van der Waals surface area (Å²) in [6, 6.07) is 9.41. The number of carbonyl (C=O) groups is 1. The molecule has 0 bridgehead atoms. The summed E-state index contributed by atoms with van der Waals surface area (Å²) in [5.74, 6) is -0.213. The zero-order chi connectivity index (χ0) is 11.6. The first-order valence-corrected chi connectivity index (χ1v) is 5.25. The van der Waals surface area contributed by atoms with Crippen molar-refractivity contribution in [1.29, 1.82) is 0 Å². The molecule has 0 saturated heterocycles. The first kappa shape index (κ1) is 12.5. The van der Waals surface area contributed by atoms with Crippen LogP contribution in [0, 0.1) is 0 Å². The molecule has 0 aliphatic carbocycles. The van der Waals surface area contributed by atoms with Crippen LogP contribution in [0.3, 0.4) is 0 Å². The van der Waals surface area contributed by atoms with Crippen LogP contribution in [0.5, 0.6) is 0 Å². The number of halogens is 1. The number of oxime groups is 1. The largest absolute Gasteiger partial charge is 0.458 e. The Morgan fingerprint density at radius 3 is 2.81 bits per heavy atom. The van der Waals surface area contributed by atoms with Gasteiger partial charge >= 0.3 is 5.97 Å². The number of hydrogen-bond donors (Lipinski definition) is 0. The maximum Gasteiger partial charge on any atom is 0.347 e. The Kier molecular flexibility index (Phi) is 6.03. The van der Waals surface area contributed by atoms with Crippen LogP contribution in [0.2, 0.25) is 0 Å². The average Bonchev–Trinajstić information content (AvgIpc) is 2.33. The van der Waals surface area contributed by atoms with Gasteiger partial charge in [0.25, 0.3) is 0 Å². The third-order valence-corrected chi connectivity index (χ3v) is 1.78. The molecule has 1 aromatic rings. The van der Waals surface area contributed by atoms with Gasteiger partial charge in [0.1, 0.15) is 6.61 Å². The number of carbonyl (C=O) groups excluding carboxylic acids is 1. The second-order valence-corrected chi connectivity index (χ2v) is 3.17. The van der Waals surface area contributed by atoms with Gasteiger partial charge in [0.05, 0.1) is 12.1 Å². The van der Waals surface area contributed by atoms with Crippen molar-refractivity contribution in [3.05, 3.63) is 35.9 Å². The summed E-state index contributed by atoms with van der Waals surface area (Å²) in [5, 5.41) is 3.43. The summed E-state index contributed by atoms with van der Waals surface area (Å²) in [5.41, 5.74) is 0.931. The van der Waals surface area contributed by atoms with E-state index in [-0.39, 0.29) is 19.1 Å². The number of hydrogen-bond acceptors (Lipinski definition) is 4. The maximum atomic E-state index is 11.1. The van der Waals surface area contributed by atoms with E-state index in [9.17, 15) is 4.79 Å². The van der Waals surface area contributed by atoms with Crippen molar-refractivity contribution in [2.45, 2.75) is 6.61 Å². The van der Waals surface area contributed by atoms with Gasteiger partial charge < -0.3 is 9.57 Å². The zero-order valence-electron chi connectivity index (χ0n) is 8.64. The molecule has 0 atom stereocenters. The fraction of sp³-hybridized carbons (Fsp3) is 0.273. The summed E-state index contributed by atoms with van der Waals surface area (Å²) in [6.07, 6.45) is 1.35. The molecule has 0 amide bonds. The molecule has 0 N–H and O–H groups in total. The van der Waals surface area contributed by atoms with E-state index in [1.165, 1.54) is 6.21 Å². The van der Waals surface area contributed by atoms with Gasteiger partial charge in [-0.2, -0.15) is 0 Å². The van der Waals surface area contributed by atoms with Crippen molar-refractivity contribution in [3.8, 4) is 0 Å². The van der Waals surface area contributed by atoms with E-state index in [4.69, 9.17) is 16.3 Å². The smallest absolute Gasteiger partial charge is 0.347 e. The van der Waals surface area contributed by atoms with Gasteiger partial charge in [0.2, 0.25) is 6.61 Å². The summed E-state index contributed by atoms with van der Waals surface area (Å²) in [4.78, 5) is 15.8. The lowest BCUT2D eigenvalue weighted by Gasteiger charge is -2.03. The Balaban J connectivity index is 2.18. The van der Waals surface area contributed by atoms with Gasteiger partial charge in [-0.25, -0.2) is 4.79 Å². The van der Waals surface area contributed by atoms with E-state index in [0.717, 1.165) is 5.56 Å². The maximum absolute atomic E-state index is 11.1. The molecule has 16 heavy (non-hydrogen) atoms. The van der Waals surface area contributed by atoms with Crippen LogP contribution >= 0.6 is 11.6 Å². The van der Waals surface area contributed by atoms with Gasteiger partial charge in [0.15, 0.2) is 0 Å². The number of nitrogens with zero attached hydrogens (tertiary/aromatic N) is 1. The highest BCUT2D eigenvalue weighted by molar-refractivity contribution is 6.24. The molecule has 0 aliphatic rings. The molecule has 1 rings (SSSR count). The van der Waals surface area contributed by atoms with E-state index in [0.29, 0.717) is 0 Å². The molecule has 0 aromatic heterocycles. The van der Waals surface area contributed by atoms with E-state index in [1.54, 1.807) is 0 Å². The Hall–Kier alpha value is -1.55. The molecule has 0 fully saturated rings. The first-order chi connectivity index (χ1) is 7.83. The Morgan fingerprint density at radius 1 is 1.38 bits per heavy atom. The van der Waals surface area contributed by atoms with E-state index in [2.05, 4.69) is 9.99 Å². The van der Waals surface area contributed by atoms with Crippen LogP contribution in [-0.2, 0) is 21.0 Å². The molecule has 4 nitrogen and oxygen atoms in total. The van der Waals surface area contributed by atoms with Crippen molar-refractivity contribution in [3.63, 3.8) is 0 Å². The lowest BCUT2D eigenvalue weighted by atomic mass is 10.2. The topological polar surface area (TPSA) is 47.9 Å². The van der Waals surface area contributed by atoms with E-state index in [1.807, 2.05) is 30.3 Å². The summed E-state index contributed by atoms with van der Waals surface area (Å²) < 4.78 is 4.94. The van der Waals surface area contributed by atoms with Crippen LogP contribution in [0.1, 0.15) is 5.56 Å². The Labute approximate surface area is 98.8 Å². The number of rotatable bonds is 6. The van der Waals surface area contributed by atoms with Gasteiger partial charge in [-0.1, -0.05) is 35.5 Å². The standard InChI is InChI=1S/C11H12ClNO3/c12-6-7-13-16-9-11(14)15-8-10-4-2-1-3-5-10/h1-5,7H,6,8-9H2/b13-7+. The quantitative estimate of drug-likeness (QED) is 0.331. The van der Waals surface area contributed by atoms with Crippen LogP contribution in [-0.4, -0.2) is 24.7 Å². The molecule has 86 valence electrons. The predicted molar refractivity (Wildman–Crippen MR) is 61.4 cm³/mol. The zero-order valence-corrected chi connectivity index (χ0v) is 9.39. The average molecular weight is 242 g/mol. The number of alkyl halides is 1. The lowest BCUT2D eigenvalue weighted by Crippen LogP contribution is -2.10. The van der Waals surface area contributed by atoms with Crippen molar-refractivity contribution in [2.75, 3.05) is 12.5 Å². The van der Waals surface area contributed by atoms with Gasteiger partial charge in [-0.05, 0) is 5.56 Å². The van der Waals surface area contributed by atoms with Gasteiger partial charge in [0, 0.05) is 0 Å². The first-order valence-electron chi connectivity index (χ1n) is 4.72. The fourth-order valence-electron chi connectivity index (χ4n) is 0.951. The van der Waals surface area contributed by atoms with Gasteiger partial charge in [-0.3, -0.25) is 0 Å². The number of esters is 1. The normalized spacial score (nSPS) is 10.3. The van der Waals surface area contributed by atoms with E-state index >= 15 is 0 Å². The molecule has 0 unspecified atom stereocenters. The predicted octanol–water partition coefficient (Wildman–Crippen LogP) is 1.97. The highest BCUT2D eigenvalue weighted by Crippen LogP contribution is 2.00. The van der Waals surface area contributed by atoms with Crippen molar-refractivity contribution >= 4 is 23.8 Å². The minimum absolute atomic E-state index is 0.208. The van der Waals surface area contributed by atoms with Crippen molar-refractivity contribution < 1.29 is 14.4 Å². The molecule has 5 heteroatoms. The molecule has 0 aliphatic heterocycles. The van der Waals surface area contributed by atoms with Crippen LogP contribution in [0.25, 0.3) is 0 Å². The monoisotopic (exact) mass is 241 g/mol. The van der Waals surface area contributed by atoms with E-state index < -0.39 is 5.97 Å². The fourth-order valence-corrected chi connectivity index (χ4v) is 1.01. The molecular weight excluding hydrogens is 230 g/mol. The van der Waals surface area contributed by atoms with Crippen molar-refractivity contribution in [2.24, 2.45) is 5.16 Å². The number of benzene rings is 1. The van der Waals surface area contributed by atoms with Gasteiger partial charge in [-0.15, -0.1) is 11.6 Å². The summed E-state index contributed by atoms with van der Waals surface area (Å²) >= 11 is 5.31. The SMILES string of the molecule is O=C(CO/N=C/CCl)OCc1ccccc1. The second kappa shape index (κ2) is 7.70. The minimum atomic E-state index is -0.462. The Morgan fingerprint density at radius 2 is 2.12 bits per heavy atom. The highest BCUT2D eigenvalue weighted by Gasteiger charge is 2.02. The van der Waals surface area contributed by atoms with Crippen molar-refractivity contribution in [1.82, 2.24) is 0 Å². The lowest BCUT2D eigenvalue weighted by molar-refractivity contribution is -0.150. The minimum Gasteiger partial charge on any atom is -0.458 e. The molecule has 0 spiro atoms. The molecule has 0 heterocycles. The molecular formula is C11H12ClNO3. The highest BCUT2D eigenvalue weighted by atomic mass is 35.5. The Bertz CT molecular complexity index is 340. The van der Waals surface area contributed by atoms with Crippen LogP contribution < -0.4 is 0 Å². The molecule has 1 aromatic carbocycles. The van der Waals surface area contributed by atoms with Crippen LogP contribution in [0.4, 0.5) is 0 Å².